The number of hydrogen-bond acceptors (Lipinski definition) is 6. The number of ether oxygens (including phenoxy) is 2. The fourth-order valence-electron chi connectivity index (χ4n) is 4.27. The first-order valence-corrected chi connectivity index (χ1v) is 12.7. The van der Waals surface area contributed by atoms with E-state index in [-0.39, 0.29) is 16.9 Å². The fourth-order valence-corrected chi connectivity index (χ4v) is 4.27. The number of nitrogens with zero attached hydrogens (tertiary/aromatic N) is 3. The van der Waals surface area contributed by atoms with Gasteiger partial charge in [0.1, 0.15) is 11.7 Å². The number of aromatic nitrogens is 3. The van der Waals surface area contributed by atoms with E-state index in [2.05, 4.69) is 15.4 Å². The van der Waals surface area contributed by atoms with E-state index in [0.717, 1.165) is 17.7 Å². The molecule has 0 spiro atoms. The molecule has 3 aromatic carbocycles. The third kappa shape index (κ3) is 6.09. The smallest absolute Gasteiger partial charge is 0.413 e. The van der Waals surface area contributed by atoms with Crippen molar-refractivity contribution in [1.82, 2.24) is 14.8 Å². The zero-order valence-corrected chi connectivity index (χ0v) is 22.4. The number of nitrogens with one attached hydrogen (secondary N) is 1. The van der Waals surface area contributed by atoms with Gasteiger partial charge in [0.2, 0.25) is 11.6 Å². The SMILES string of the molecule is C[C@@H](OC(=O)Nc1nn(C)cc1-c1ccc(-c2cc(F)c(Oc3ncccc3C(=O)O)c(F)c2)cc1)c1ccccc1. The van der Waals surface area contributed by atoms with Crippen molar-refractivity contribution in [2.75, 3.05) is 5.32 Å². The Bertz CT molecular complexity index is 1730. The Balaban J connectivity index is 1.33. The monoisotopic (exact) mass is 570 g/mol. The summed E-state index contributed by atoms with van der Waals surface area (Å²) in [5.74, 6) is -4.32. The average Bonchev–Trinajstić information content (AvgIpc) is 3.34. The van der Waals surface area contributed by atoms with Crippen LogP contribution in [0.15, 0.2) is 91.3 Å². The molecule has 5 rings (SSSR count). The van der Waals surface area contributed by atoms with Crippen LogP contribution in [-0.4, -0.2) is 31.9 Å². The van der Waals surface area contributed by atoms with E-state index in [9.17, 15) is 23.5 Å². The lowest BCUT2D eigenvalue weighted by Gasteiger charge is -2.14. The Morgan fingerprint density at radius 3 is 2.26 bits per heavy atom. The minimum atomic E-state index is -1.35. The zero-order chi connectivity index (χ0) is 29.8. The van der Waals surface area contributed by atoms with Crippen molar-refractivity contribution in [2.45, 2.75) is 13.0 Å². The van der Waals surface area contributed by atoms with Gasteiger partial charge in [-0.25, -0.2) is 23.4 Å². The summed E-state index contributed by atoms with van der Waals surface area (Å²) in [4.78, 5) is 27.7. The molecular weight excluding hydrogens is 546 g/mol. The molecule has 5 aromatic rings. The molecule has 0 saturated carbocycles. The Hall–Kier alpha value is -5.58. The number of pyridine rings is 1. The summed E-state index contributed by atoms with van der Waals surface area (Å²) in [6.07, 6.45) is 1.83. The van der Waals surface area contributed by atoms with Gasteiger partial charge >= 0.3 is 12.1 Å². The normalized spacial score (nSPS) is 11.5. The number of halogens is 2. The summed E-state index contributed by atoms with van der Waals surface area (Å²) < 4.78 is 42.1. The molecule has 212 valence electrons. The Kier molecular flexibility index (Phi) is 7.91. The van der Waals surface area contributed by atoms with Crippen molar-refractivity contribution in [1.29, 1.82) is 0 Å². The van der Waals surface area contributed by atoms with Crippen LogP contribution in [0.1, 0.15) is 28.9 Å². The standard InChI is InChI=1S/C31H24F2N4O5/c1-18(19-7-4-3-5-8-19)41-31(40)35-28-24(17-37(2)36-28)21-12-10-20(11-13-21)22-15-25(32)27(26(33)16-22)42-29-23(30(38)39)9-6-14-34-29/h3-18H,1-2H3,(H,38,39)(H,35,36,40)/t18-/m1/s1. The molecule has 1 atom stereocenters. The summed E-state index contributed by atoms with van der Waals surface area (Å²) in [6, 6.07) is 20.8. The molecule has 0 aliphatic rings. The molecule has 2 heterocycles. The maximum Gasteiger partial charge on any atom is 0.413 e. The first kappa shape index (κ1) is 28.0. The number of benzene rings is 3. The van der Waals surface area contributed by atoms with Crippen LogP contribution in [0.25, 0.3) is 22.3 Å². The number of amides is 1. The second-order valence-corrected chi connectivity index (χ2v) is 9.26. The van der Waals surface area contributed by atoms with Crippen LogP contribution < -0.4 is 10.1 Å². The molecule has 0 radical (unpaired) electrons. The lowest BCUT2D eigenvalue weighted by Crippen LogP contribution is -2.17. The maximum atomic E-state index is 14.9. The van der Waals surface area contributed by atoms with Crippen LogP contribution in [0.4, 0.5) is 19.4 Å². The summed E-state index contributed by atoms with van der Waals surface area (Å²) in [5, 5.41) is 16.3. The number of carbonyl (C=O) groups excluding carboxylic acids is 1. The van der Waals surface area contributed by atoms with E-state index < -0.39 is 41.4 Å². The predicted molar refractivity (Wildman–Crippen MR) is 150 cm³/mol. The van der Waals surface area contributed by atoms with Crippen LogP contribution in [0.5, 0.6) is 11.6 Å². The fraction of sp³-hybridized carbons (Fsp3) is 0.0968. The minimum Gasteiger partial charge on any atom is -0.477 e. The largest absolute Gasteiger partial charge is 0.477 e. The number of carboxylic acids is 1. The molecule has 0 aliphatic carbocycles. The Morgan fingerprint density at radius 2 is 1.60 bits per heavy atom. The third-order valence-electron chi connectivity index (χ3n) is 6.33. The van der Waals surface area contributed by atoms with Crippen LogP contribution in [0.2, 0.25) is 0 Å². The third-order valence-corrected chi connectivity index (χ3v) is 6.33. The van der Waals surface area contributed by atoms with Gasteiger partial charge in [0.25, 0.3) is 0 Å². The van der Waals surface area contributed by atoms with Crippen LogP contribution in [0, 0.1) is 11.6 Å². The first-order chi connectivity index (χ1) is 20.2. The molecule has 0 fully saturated rings. The molecule has 2 aromatic heterocycles. The summed E-state index contributed by atoms with van der Waals surface area (Å²) in [7, 11) is 1.71. The van der Waals surface area contributed by atoms with Crippen molar-refractivity contribution in [3.63, 3.8) is 0 Å². The first-order valence-electron chi connectivity index (χ1n) is 12.7. The molecule has 0 saturated heterocycles. The second-order valence-electron chi connectivity index (χ2n) is 9.26. The molecule has 0 aliphatic heterocycles. The molecule has 0 bridgehead atoms. The second kappa shape index (κ2) is 11.9. The van der Waals surface area contributed by atoms with E-state index >= 15 is 0 Å². The Labute approximate surface area is 239 Å². The van der Waals surface area contributed by atoms with Crippen LogP contribution in [0.3, 0.4) is 0 Å². The van der Waals surface area contributed by atoms with E-state index in [1.807, 2.05) is 30.3 Å². The van der Waals surface area contributed by atoms with Gasteiger partial charge in [0.05, 0.1) is 0 Å². The molecular formula is C31H24F2N4O5. The van der Waals surface area contributed by atoms with Gasteiger partial charge in [-0.1, -0.05) is 54.6 Å². The molecule has 9 nitrogen and oxygen atoms in total. The number of anilines is 1. The van der Waals surface area contributed by atoms with Gasteiger partial charge < -0.3 is 14.6 Å². The molecule has 11 heteroatoms. The lowest BCUT2D eigenvalue weighted by atomic mass is 10.0. The van der Waals surface area contributed by atoms with Crippen molar-refractivity contribution in [2.24, 2.45) is 7.05 Å². The number of rotatable bonds is 8. The van der Waals surface area contributed by atoms with Gasteiger partial charge in [-0.15, -0.1) is 0 Å². The molecule has 42 heavy (non-hydrogen) atoms. The van der Waals surface area contributed by atoms with Crippen molar-refractivity contribution < 1.29 is 33.0 Å². The highest BCUT2D eigenvalue weighted by atomic mass is 19.1. The summed E-state index contributed by atoms with van der Waals surface area (Å²) >= 11 is 0. The van der Waals surface area contributed by atoms with Crippen molar-refractivity contribution >= 4 is 17.9 Å². The lowest BCUT2D eigenvalue weighted by molar-refractivity contribution is 0.0693. The number of hydrogen-bond donors (Lipinski definition) is 2. The molecule has 2 N–H and O–H groups in total. The van der Waals surface area contributed by atoms with Crippen molar-refractivity contribution in [3.05, 3.63) is 114 Å². The van der Waals surface area contributed by atoms with E-state index in [1.54, 1.807) is 49.1 Å². The predicted octanol–water partition coefficient (Wildman–Crippen LogP) is 7.23. The van der Waals surface area contributed by atoms with Crippen LogP contribution >= 0.6 is 0 Å². The number of aromatic carboxylic acids is 1. The van der Waals surface area contributed by atoms with Gasteiger partial charge in [-0.3, -0.25) is 10.00 Å². The average molecular weight is 571 g/mol. The number of carboxylic acid groups (broad SMARTS) is 1. The number of carbonyl (C=O) groups is 2. The Morgan fingerprint density at radius 1 is 0.929 bits per heavy atom. The van der Waals surface area contributed by atoms with Crippen LogP contribution in [-0.2, 0) is 11.8 Å². The highest BCUT2D eigenvalue weighted by Gasteiger charge is 2.20. The minimum absolute atomic E-state index is 0.228. The van der Waals surface area contributed by atoms with E-state index in [4.69, 9.17) is 9.47 Å². The highest BCUT2D eigenvalue weighted by molar-refractivity contribution is 5.90. The quantitative estimate of drug-likeness (QED) is 0.202. The number of aryl methyl sites for hydroxylation is 1. The van der Waals surface area contributed by atoms with E-state index in [1.165, 1.54) is 18.3 Å². The van der Waals surface area contributed by atoms with Gasteiger partial charge in [-0.2, -0.15) is 5.10 Å². The summed E-state index contributed by atoms with van der Waals surface area (Å²) in [5.41, 5.74) is 2.54. The van der Waals surface area contributed by atoms with Gasteiger partial charge in [-0.05, 0) is 53.4 Å². The topological polar surface area (TPSA) is 116 Å². The molecule has 1 amide bonds. The van der Waals surface area contributed by atoms with E-state index in [0.29, 0.717) is 16.7 Å². The van der Waals surface area contributed by atoms with Crippen molar-refractivity contribution in [3.8, 4) is 33.9 Å². The van der Waals surface area contributed by atoms with Gasteiger partial charge in [0.15, 0.2) is 17.5 Å². The highest BCUT2D eigenvalue weighted by Crippen LogP contribution is 2.34. The van der Waals surface area contributed by atoms with Gasteiger partial charge in [0, 0.05) is 25.0 Å². The molecule has 0 unspecified atom stereocenters. The zero-order valence-electron chi connectivity index (χ0n) is 22.4. The maximum absolute atomic E-state index is 14.9. The summed E-state index contributed by atoms with van der Waals surface area (Å²) in [6.45, 7) is 1.77.